The molecule has 0 spiro atoms. The number of hydrogen-bond donors (Lipinski definition) is 2. The Balaban J connectivity index is 1.76. The molecule has 2 N–H and O–H groups in total. The topological polar surface area (TPSA) is 97.7 Å². The van der Waals surface area contributed by atoms with Crippen LogP contribution in [-0.4, -0.2) is 53.9 Å². The Morgan fingerprint density at radius 1 is 1.00 bits per heavy atom. The molecule has 0 atom stereocenters. The summed E-state index contributed by atoms with van der Waals surface area (Å²) in [6, 6.07) is 16.1. The molecule has 0 saturated carbocycles. The highest BCUT2D eigenvalue weighted by atomic mass is 16.5. The van der Waals surface area contributed by atoms with Gasteiger partial charge in [-0.15, -0.1) is 0 Å². The van der Waals surface area contributed by atoms with E-state index in [1.165, 1.54) is 12.0 Å². The Morgan fingerprint density at radius 3 is 2.31 bits per heavy atom. The summed E-state index contributed by atoms with van der Waals surface area (Å²) in [5, 5.41) is 10.4. The van der Waals surface area contributed by atoms with Gasteiger partial charge in [-0.05, 0) is 31.2 Å². The summed E-state index contributed by atoms with van der Waals surface area (Å²) in [7, 11) is 3.07. The molecule has 0 aliphatic carbocycles. The van der Waals surface area contributed by atoms with E-state index in [-0.39, 0.29) is 17.9 Å². The van der Waals surface area contributed by atoms with E-state index in [4.69, 9.17) is 14.6 Å². The minimum Gasteiger partial charge on any atom is -0.497 e. The molecule has 9 heteroatoms. The highest BCUT2D eigenvalue weighted by Gasteiger charge is 2.23. The lowest BCUT2D eigenvalue weighted by molar-refractivity contribution is -0.116. The fourth-order valence-corrected chi connectivity index (χ4v) is 3.38. The first-order valence-corrected chi connectivity index (χ1v) is 11.4. The van der Waals surface area contributed by atoms with Crippen molar-refractivity contribution >= 4 is 23.4 Å². The van der Waals surface area contributed by atoms with Gasteiger partial charge in [0.15, 0.2) is 0 Å². The number of hydrogen-bond acceptors (Lipinski definition) is 5. The normalized spacial score (nSPS) is 11.0. The number of likely N-dealkylation sites (N-methyl/N-ethyl adjacent to an activating group) is 1. The second-order valence-electron chi connectivity index (χ2n) is 8.97. The van der Waals surface area contributed by atoms with Crippen molar-refractivity contribution in [2.75, 3.05) is 37.9 Å². The second-order valence-corrected chi connectivity index (χ2v) is 8.97. The molecule has 9 nitrogen and oxygen atoms in total. The number of anilines is 2. The van der Waals surface area contributed by atoms with Crippen molar-refractivity contribution in [3.8, 4) is 17.2 Å². The molecule has 0 radical (unpaired) electrons. The highest BCUT2D eigenvalue weighted by Crippen LogP contribution is 2.29. The molecule has 2 aromatic carbocycles. The molecule has 0 saturated heterocycles. The Hall–Kier alpha value is -4.01. The number of amides is 3. The fraction of sp³-hybridized carbons (Fsp3) is 0.346. The number of rotatable bonds is 8. The molecule has 3 amide bonds. The van der Waals surface area contributed by atoms with Crippen LogP contribution in [0, 0.1) is 0 Å². The van der Waals surface area contributed by atoms with E-state index in [1.54, 1.807) is 30.0 Å². The maximum atomic E-state index is 13.0. The third-order valence-corrected chi connectivity index (χ3v) is 5.40. The van der Waals surface area contributed by atoms with Crippen molar-refractivity contribution in [2.45, 2.75) is 33.1 Å². The maximum Gasteiger partial charge on any atom is 0.322 e. The molecular formula is C26H33N5O4. The molecule has 3 rings (SSSR count). The van der Waals surface area contributed by atoms with E-state index in [0.717, 1.165) is 11.4 Å². The number of carbonyl (C=O) groups excluding carboxylic acids is 2. The quantitative estimate of drug-likeness (QED) is 0.489. The number of methoxy groups -OCH3 is 2. The number of para-hydroxylation sites is 1. The molecule has 0 aliphatic rings. The zero-order chi connectivity index (χ0) is 25.6. The number of nitrogens with one attached hydrogen (secondary N) is 2. The molecule has 1 aromatic heterocycles. The second kappa shape index (κ2) is 10.9. The predicted molar refractivity (Wildman–Crippen MR) is 137 cm³/mol. The minimum absolute atomic E-state index is 0.133. The maximum absolute atomic E-state index is 13.0. The third-order valence-electron chi connectivity index (χ3n) is 5.40. The lowest BCUT2D eigenvalue weighted by Gasteiger charge is -2.22. The Labute approximate surface area is 206 Å². The van der Waals surface area contributed by atoms with Crippen LogP contribution in [0.1, 0.15) is 33.4 Å². The molecule has 1 heterocycles. The SMILES string of the molecule is CCN(CC(=O)Nc1cc(C(C)(C)C)nn1-c1ccccc1)C(=O)Nc1ccc(OC)cc1OC. The number of benzene rings is 2. The van der Waals surface area contributed by atoms with Crippen LogP contribution in [0.3, 0.4) is 0 Å². The smallest absolute Gasteiger partial charge is 0.322 e. The number of aromatic nitrogens is 2. The minimum atomic E-state index is -0.418. The molecule has 3 aromatic rings. The van der Waals surface area contributed by atoms with Crippen molar-refractivity contribution in [2.24, 2.45) is 0 Å². The van der Waals surface area contributed by atoms with Crippen molar-refractivity contribution in [1.29, 1.82) is 0 Å². The van der Waals surface area contributed by atoms with Gasteiger partial charge < -0.3 is 25.0 Å². The van der Waals surface area contributed by atoms with Gasteiger partial charge in [0.05, 0.1) is 31.3 Å². The lowest BCUT2D eigenvalue weighted by Crippen LogP contribution is -2.40. The van der Waals surface area contributed by atoms with Gasteiger partial charge in [-0.25, -0.2) is 9.48 Å². The van der Waals surface area contributed by atoms with Crippen LogP contribution in [-0.2, 0) is 10.2 Å². The van der Waals surface area contributed by atoms with Gasteiger partial charge in [0.25, 0.3) is 0 Å². The average molecular weight is 480 g/mol. The van der Waals surface area contributed by atoms with Crippen molar-refractivity contribution in [3.05, 3.63) is 60.3 Å². The summed E-state index contributed by atoms with van der Waals surface area (Å²) in [6.07, 6.45) is 0. The number of ether oxygens (including phenoxy) is 2. The Kier molecular flexibility index (Phi) is 8.01. The van der Waals surface area contributed by atoms with Gasteiger partial charge in [0, 0.05) is 24.1 Å². The van der Waals surface area contributed by atoms with Crippen LogP contribution in [0.2, 0.25) is 0 Å². The molecule has 0 unspecified atom stereocenters. The standard InChI is InChI=1S/C26H33N5O4/c1-7-30(25(33)27-20-14-13-19(34-5)15-21(20)35-6)17-24(32)28-23-16-22(26(2,3)4)29-31(23)18-11-9-8-10-12-18/h8-16H,7,17H2,1-6H3,(H,27,33)(H,28,32). The van der Waals surface area contributed by atoms with E-state index >= 15 is 0 Å². The average Bonchev–Trinajstić information content (AvgIpc) is 3.27. The first-order valence-electron chi connectivity index (χ1n) is 11.4. The zero-order valence-corrected chi connectivity index (χ0v) is 21.1. The molecule has 0 bridgehead atoms. The van der Waals surface area contributed by atoms with Crippen LogP contribution in [0.25, 0.3) is 5.69 Å². The van der Waals surface area contributed by atoms with E-state index < -0.39 is 6.03 Å². The van der Waals surface area contributed by atoms with E-state index in [2.05, 4.69) is 31.4 Å². The van der Waals surface area contributed by atoms with Crippen LogP contribution >= 0.6 is 0 Å². The van der Waals surface area contributed by atoms with Gasteiger partial charge in [-0.1, -0.05) is 39.0 Å². The van der Waals surface area contributed by atoms with E-state index in [9.17, 15) is 9.59 Å². The van der Waals surface area contributed by atoms with Gasteiger partial charge in [0.1, 0.15) is 23.9 Å². The van der Waals surface area contributed by atoms with Gasteiger partial charge in [-0.3, -0.25) is 4.79 Å². The largest absolute Gasteiger partial charge is 0.497 e. The zero-order valence-electron chi connectivity index (χ0n) is 21.1. The lowest BCUT2D eigenvalue weighted by atomic mass is 9.92. The number of carbonyl (C=O) groups is 2. The summed E-state index contributed by atoms with van der Waals surface area (Å²) < 4.78 is 12.2. The van der Waals surface area contributed by atoms with Gasteiger partial charge in [-0.2, -0.15) is 5.10 Å². The van der Waals surface area contributed by atoms with Crippen LogP contribution in [0.4, 0.5) is 16.3 Å². The van der Waals surface area contributed by atoms with Gasteiger partial charge in [0.2, 0.25) is 5.91 Å². The monoisotopic (exact) mass is 479 g/mol. The van der Waals surface area contributed by atoms with Gasteiger partial charge >= 0.3 is 6.03 Å². The summed E-state index contributed by atoms with van der Waals surface area (Å²) in [5.74, 6) is 1.27. The molecule has 0 fully saturated rings. The van der Waals surface area contributed by atoms with E-state index in [0.29, 0.717) is 29.5 Å². The Morgan fingerprint density at radius 2 is 1.71 bits per heavy atom. The third kappa shape index (κ3) is 6.32. The first kappa shape index (κ1) is 25.6. The summed E-state index contributed by atoms with van der Waals surface area (Å²) in [6.45, 7) is 8.20. The fourth-order valence-electron chi connectivity index (χ4n) is 3.38. The predicted octanol–water partition coefficient (Wildman–Crippen LogP) is 4.68. The molecule has 35 heavy (non-hydrogen) atoms. The molecule has 186 valence electrons. The summed E-state index contributed by atoms with van der Waals surface area (Å²) >= 11 is 0. The summed E-state index contributed by atoms with van der Waals surface area (Å²) in [5.41, 5.74) is 1.95. The number of urea groups is 1. The summed E-state index contributed by atoms with van der Waals surface area (Å²) in [4.78, 5) is 27.3. The first-order chi connectivity index (χ1) is 16.7. The molecule has 0 aliphatic heterocycles. The molecular weight excluding hydrogens is 446 g/mol. The van der Waals surface area contributed by atoms with Crippen molar-refractivity contribution in [3.63, 3.8) is 0 Å². The van der Waals surface area contributed by atoms with Crippen LogP contribution in [0.15, 0.2) is 54.6 Å². The number of nitrogens with zero attached hydrogens (tertiary/aromatic N) is 3. The highest BCUT2D eigenvalue weighted by molar-refractivity contribution is 5.97. The van der Waals surface area contributed by atoms with Crippen LogP contribution < -0.4 is 20.1 Å². The Bertz CT molecular complexity index is 1170. The van der Waals surface area contributed by atoms with Crippen molar-refractivity contribution in [1.82, 2.24) is 14.7 Å². The van der Waals surface area contributed by atoms with Crippen LogP contribution in [0.5, 0.6) is 11.5 Å². The van der Waals surface area contributed by atoms with E-state index in [1.807, 2.05) is 43.3 Å². The van der Waals surface area contributed by atoms with Crippen molar-refractivity contribution < 1.29 is 19.1 Å².